The van der Waals surface area contributed by atoms with Crippen LogP contribution in [-0.4, -0.2) is 63.3 Å². The first kappa shape index (κ1) is 23.2. The highest BCUT2D eigenvalue weighted by Crippen LogP contribution is 2.40. The van der Waals surface area contributed by atoms with Crippen LogP contribution in [0.4, 0.5) is 5.82 Å². The highest BCUT2D eigenvalue weighted by molar-refractivity contribution is 5.87. The number of hydrogen-bond acceptors (Lipinski definition) is 6. The topological polar surface area (TPSA) is 76.4 Å². The zero-order chi connectivity index (χ0) is 24.6. The van der Waals surface area contributed by atoms with Crippen LogP contribution < -0.4 is 4.90 Å². The fourth-order valence-electron chi connectivity index (χ4n) is 6.25. The van der Waals surface area contributed by atoms with E-state index in [-0.39, 0.29) is 12.1 Å². The predicted octanol–water partition coefficient (Wildman–Crippen LogP) is 3.94. The van der Waals surface area contributed by atoms with Gasteiger partial charge in [0.2, 0.25) is 5.91 Å². The van der Waals surface area contributed by atoms with Gasteiger partial charge in [0.05, 0.1) is 11.7 Å². The lowest BCUT2D eigenvalue weighted by molar-refractivity contribution is -0.126. The van der Waals surface area contributed by atoms with Crippen molar-refractivity contribution in [3.8, 4) is 0 Å². The van der Waals surface area contributed by atoms with Gasteiger partial charge in [-0.2, -0.15) is 5.10 Å². The summed E-state index contributed by atoms with van der Waals surface area (Å²) in [6.07, 6.45) is 11.5. The first-order valence-corrected chi connectivity index (χ1v) is 13.2. The van der Waals surface area contributed by atoms with Gasteiger partial charge in [-0.3, -0.25) is 4.79 Å². The molecule has 2 fully saturated rings. The zero-order valence-electron chi connectivity index (χ0n) is 21.0. The van der Waals surface area contributed by atoms with E-state index in [4.69, 9.17) is 19.8 Å². The number of piperazine rings is 1. The molecule has 0 radical (unpaired) electrons. The Morgan fingerprint density at radius 2 is 2.00 bits per heavy atom. The van der Waals surface area contributed by atoms with Crippen molar-refractivity contribution in [3.63, 3.8) is 0 Å². The molecule has 2 saturated heterocycles. The Bertz CT molecular complexity index is 1290. The Kier molecular flexibility index (Phi) is 6.21. The van der Waals surface area contributed by atoms with E-state index in [0.717, 1.165) is 63.3 Å². The molecular formula is C28H34N6O2. The SMILES string of the molecule is C=CC(=O)N1CCN(c2ncnc3c2CCC(c2c(C)ccc4c2cnn4C2CCCCO2)C3)CC1. The van der Waals surface area contributed by atoms with Crippen molar-refractivity contribution in [2.75, 3.05) is 37.7 Å². The molecule has 4 heterocycles. The average Bonchev–Trinajstić information content (AvgIpc) is 3.36. The lowest BCUT2D eigenvalue weighted by Gasteiger charge is -2.37. The molecule has 0 spiro atoms. The van der Waals surface area contributed by atoms with Crippen LogP contribution in [-0.2, 0) is 22.4 Å². The molecule has 1 amide bonds. The molecule has 36 heavy (non-hydrogen) atoms. The van der Waals surface area contributed by atoms with Crippen molar-refractivity contribution in [1.82, 2.24) is 24.6 Å². The molecule has 8 heteroatoms. The van der Waals surface area contributed by atoms with E-state index in [1.54, 1.807) is 6.33 Å². The third kappa shape index (κ3) is 4.07. The van der Waals surface area contributed by atoms with Crippen molar-refractivity contribution in [2.24, 2.45) is 0 Å². The normalized spacial score (nSPS) is 22.5. The van der Waals surface area contributed by atoms with Crippen LogP contribution in [0.2, 0.25) is 0 Å². The lowest BCUT2D eigenvalue weighted by Crippen LogP contribution is -2.49. The van der Waals surface area contributed by atoms with E-state index in [2.05, 4.69) is 35.2 Å². The van der Waals surface area contributed by atoms with Crippen molar-refractivity contribution in [1.29, 1.82) is 0 Å². The van der Waals surface area contributed by atoms with E-state index in [1.165, 1.54) is 40.1 Å². The summed E-state index contributed by atoms with van der Waals surface area (Å²) in [6, 6.07) is 4.44. The number of rotatable bonds is 4. The van der Waals surface area contributed by atoms with Gasteiger partial charge in [-0.15, -0.1) is 0 Å². The predicted molar refractivity (Wildman–Crippen MR) is 139 cm³/mol. The minimum Gasteiger partial charge on any atom is -0.356 e. The summed E-state index contributed by atoms with van der Waals surface area (Å²) in [7, 11) is 0. The Morgan fingerprint density at radius 1 is 1.14 bits per heavy atom. The summed E-state index contributed by atoms with van der Waals surface area (Å²) in [5, 5.41) is 6.03. The first-order chi connectivity index (χ1) is 17.6. The zero-order valence-corrected chi connectivity index (χ0v) is 21.0. The minimum absolute atomic E-state index is 0.00475. The number of carbonyl (C=O) groups is 1. The van der Waals surface area contributed by atoms with Gasteiger partial charge in [0.15, 0.2) is 6.23 Å². The highest BCUT2D eigenvalue weighted by Gasteiger charge is 2.30. The Morgan fingerprint density at radius 3 is 2.78 bits per heavy atom. The molecule has 0 N–H and O–H groups in total. The maximum atomic E-state index is 12.0. The molecule has 188 valence electrons. The second-order valence-corrected chi connectivity index (χ2v) is 10.2. The number of aryl methyl sites for hydroxylation is 1. The van der Waals surface area contributed by atoms with Crippen molar-refractivity contribution >= 4 is 22.6 Å². The van der Waals surface area contributed by atoms with Crippen LogP contribution in [0.3, 0.4) is 0 Å². The van der Waals surface area contributed by atoms with Crippen LogP contribution in [0.15, 0.2) is 37.3 Å². The van der Waals surface area contributed by atoms with E-state index >= 15 is 0 Å². The van der Waals surface area contributed by atoms with Crippen molar-refractivity contribution in [3.05, 3.63) is 59.7 Å². The summed E-state index contributed by atoms with van der Waals surface area (Å²) in [6.45, 7) is 9.61. The van der Waals surface area contributed by atoms with Crippen molar-refractivity contribution in [2.45, 2.75) is 57.6 Å². The van der Waals surface area contributed by atoms with Crippen molar-refractivity contribution < 1.29 is 9.53 Å². The molecule has 2 aliphatic heterocycles. The van der Waals surface area contributed by atoms with Crippen LogP contribution >= 0.6 is 0 Å². The molecular weight excluding hydrogens is 452 g/mol. The number of aromatic nitrogens is 4. The number of fused-ring (bicyclic) bond motifs is 2. The molecule has 3 aromatic rings. The number of nitrogens with zero attached hydrogens (tertiary/aromatic N) is 6. The fourth-order valence-corrected chi connectivity index (χ4v) is 6.25. The minimum atomic E-state index is 0.00475. The van der Waals surface area contributed by atoms with Gasteiger partial charge in [-0.05, 0) is 74.6 Å². The largest absolute Gasteiger partial charge is 0.356 e. The molecule has 2 atom stereocenters. The number of hydrogen-bond donors (Lipinski definition) is 0. The highest BCUT2D eigenvalue weighted by atomic mass is 16.5. The van der Waals surface area contributed by atoms with E-state index in [0.29, 0.717) is 19.0 Å². The van der Waals surface area contributed by atoms with E-state index < -0.39 is 0 Å². The molecule has 2 aromatic heterocycles. The quantitative estimate of drug-likeness (QED) is 0.520. The van der Waals surface area contributed by atoms with Gasteiger partial charge in [0.25, 0.3) is 0 Å². The van der Waals surface area contributed by atoms with Crippen LogP contribution in [0, 0.1) is 6.92 Å². The summed E-state index contributed by atoms with van der Waals surface area (Å²) in [4.78, 5) is 25.6. The molecule has 1 aliphatic carbocycles. The van der Waals surface area contributed by atoms with E-state index in [9.17, 15) is 4.79 Å². The standard InChI is InChI=1S/C28H34N6O2/c1-3-25(35)32-11-13-33(14-12-32)28-21-9-8-20(16-23(21)29-18-30-28)27-19(2)7-10-24-22(27)17-31-34(24)26-6-4-5-15-36-26/h3,7,10,17-18,20,26H,1,4-6,8-9,11-16H2,2H3. The number of amides is 1. The maximum Gasteiger partial charge on any atom is 0.246 e. The monoisotopic (exact) mass is 486 g/mol. The van der Waals surface area contributed by atoms with Crippen LogP contribution in [0.5, 0.6) is 0 Å². The summed E-state index contributed by atoms with van der Waals surface area (Å²) >= 11 is 0. The molecule has 1 aromatic carbocycles. The molecule has 0 saturated carbocycles. The number of ether oxygens (including phenoxy) is 1. The van der Waals surface area contributed by atoms with Crippen LogP contribution in [0.1, 0.15) is 60.2 Å². The molecule has 3 aliphatic rings. The Hall–Kier alpha value is -3.26. The Labute approximate surface area is 212 Å². The molecule has 8 nitrogen and oxygen atoms in total. The first-order valence-electron chi connectivity index (χ1n) is 13.2. The van der Waals surface area contributed by atoms with Gasteiger partial charge in [0, 0.05) is 49.4 Å². The van der Waals surface area contributed by atoms with Crippen LogP contribution in [0.25, 0.3) is 10.9 Å². The Balaban J connectivity index is 1.26. The van der Waals surface area contributed by atoms with Gasteiger partial charge >= 0.3 is 0 Å². The smallest absolute Gasteiger partial charge is 0.246 e. The lowest BCUT2D eigenvalue weighted by atomic mass is 9.79. The second-order valence-electron chi connectivity index (χ2n) is 10.2. The maximum absolute atomic E-state index is 12.0. The molecule has 6 rings (SSSR count). The summed E-state index contributed by atoms with van der Waals surface area (Å²) in [5.41, 5.74) is 6.31. The van der Waals surface area contributed by atoms with Gasteiger partial charge < -0.3 is 14.5 Å². The van der Waals surface area contributed by atoms with Gasteiger partial charge in [-0.1, -0.05) is 12.6 Å². The number of carbonyl (C=O) groups excluding carboxylic acids is 1. The average molecular weight is 487 g/mol. The van der Waals surface area contributed by atoms with Gasteiger partial charge in [-0.25, -0.2) is 14.6 Å². The second kappa shape index (κ2) is 9.65. The summed E-state index contributed by atoms with van der Waals surface area (Å²) < 4.78 is 8.13. The number of anilines is 1. The fraction of sp³-hybridized carbons (Fsp3) is 0.500. The number of benzene rings is 1. The van der Waals surface area contributed by atoms with E-state index in [1.807, 2.05) is 11.1 Å². The molecule has 0 bridgehead atoms. The molecule has 2 unspecified atom stereocenters. The van der Waals surface area contributed by atoms with Gasteiger partial charge in [0.1, 0.15) is 12.1 Å². The third-order valence-corrected chi connectivity index (χ3v) is 8.14. The third-order valence-electron chi connectivity index (χ3n) is 8.14. The summed E-state index contributed by atoms with van der Waals surface area (Å²) in [5.74, 6) is 1.45.